The Hall–Kier alpha value is -2.91. The monoisotopic (exact) mass is 446 g/mol. The van der Waals surface area contributed by atoms with Crippen LogP contribution in [0.5, 0.6) is 0 Å². The van der Waals surface area contributed by atoms with E-state index in [1.165, 1.54) is 26.0 Å². The third-order valence-electron chi connectivity index (χ3n) is 4.96. The normalized spacial score (nSPS) is 12.3. The molecule has 0 radical (unpaired) electrons. The van der Waals surface area contributed by atoms with Gasteiger partial charge in [0.15, 0.2) is 0 Å². The number of nitrogens with zero attached hydrogens (tertiary/aromatic N) is 3. The standard InChI is InChI=1S/C22H30N4O4S/c1-18(22(28)23-2)25(16-15-19-11-7-5-8-12-19)21(27)17-26(31(29,30)24(3)4)20-13-9-6-10-14-20/h5-14,18H,15-17H2,1-4H3,(H,23,28)/t18-/m1/s1. The number of nitrogens with one attached hydrogen (secondary N) is 1. The van der Waals surface area contributed by atoms with Gasteiger partial charge >= 0.3 is 10.2 Å². The van der Waals surface area contributed by atoms with E-state index in [9.17, 15) is 18.0 Å². The molecule has 0 aliphatic carbocycles. The number of likely N-dealkylation sites (N-methyl/N-ethyl adjacent to an activating group) is 1. The largest absolute Gasteiger partial charge is 0.357 e. The molecule has 8 nitrogen and oxygen atoms in total. The molecule has 0 unspecified atom stereocenters. The van der Waals surface area contributed by atoms with E-state index in [0.717, 1.165) is 14.2 Å². The van der Waals surface area contributed by atoms with Crippen molar-refractivity contribution < 1.29 is 18.0 Å². The van der Waals surface area contributed by atoms with Gasteiger partial charge in [-0.3, -0.25) is 9.59 Å². The van der Waals surface area contributed by atoms with Crippen molar-refractivity contribution in [3.8, 4) is 0 Å². The highest BCUT2D eigenvalue weighted by Gasteiger charge is 2.32. The molecule has 0 aliphatic rings. The summed E-state index contributed by atoms with van der Waals surface area (Å²) in [7, 11) is 0.410. The number of para-hydroxylation sites is 1. The van der Waals surface area contributed by atoms with E-state index >= 15 is 0 Å². The molecule has 2 aromatic rings. The molecule has 2 amide bonds. The molecule has 9 heteroatoms. The van der Waals surface area contributed by atoms with Crippen molar-refractivity contribution in [3.63, 3.8) is 0 Å². The number of carbonyl (C=O) groups excluding carboxylic acids is 2. The highest BCUT2D eigenvalue weighted by atomic mass is 32.2. The van der Waals surface area contributed by atoms with E-state index < -0.39 is 28.7 Å². The lowest BCUT2D eigenvalue weighted by Gasteiger charge is -2.32. The highest BCUT2D eigenvalue weighted by Crippen LogP contribution is 2.19. The van der Waals surface area contributed by atoms with Crippen molar-refractivity contribution >= 4 is 27.7 Å². The van der Waals surface area contributed by atoms with Crippen LogP contribution in [0.15, 0.2) is 60.7 Å². The Morgan fingerprint density at radius 1 is 0.968 bits per heavy atom. The molecule has 31 heavy (non-hydrogen) atoms. The molecule has 0 saturated heterocycles. The summed E-state index contributed by atoms with van der Waals surface area (Å²) in [5, 5.41) is 2.56. The molecule has 0 spiro atoms. The molecule has 2 rings (SSSR count). The second-order valence-electron chi connectivity index (χ2n) is 7.25. The lowest BCUT2D eigenvalue weighted by molar-refractivity contribution is -0.138. The smallest absolute Gasteiger partial charge is 0.304 e. The van der Waals surface area contributed by atoms with Gasteiger partial charge in [-0.1, -0.05) is 48.5 Å². The van der Waals surface area contributed by atoms with Crippen LogP contribution in [0.1, 0.15) is 12.5 Å². The average molecular weight is 447 g/mol. The summed E-state index contributed by atoms with van der Waals surface area (Å²) in [4.78, 5) is 27.0. The summed E-state index contributed by atoms with van der Waals surface area (Å²) in [6.45, 7) is 1.50. The lowest BCUT2D eigenvalue weighted by atomic mass is 10.1. The number of anilines is 1. The molecular weight excluding hydrogens is 416 g/mol. The van der Waals surface area contributed by atoms with Gasteiger partial charge in [-0.2, -0.15) is 12.7 Å². The summed E-state index contributed by atoms with van der Waals surface area (Å²) in [5.41, 5.74) is 1.39. The van der Waals surface area contributed by atoms with Crippen molar-refractivity contribution in [1.82, 2.24) is 14.5 Å². The Kier molecular flexibility index (Phi) is 8.58. The van der Waals surface area contributed by atoms with Crippen LogP contribution in [0.2, 0.25) is 0 Å². The highest BCUT2D eigenvalue weighted by molar-refractivity contribution is 7.90. The third-order valence-corrected chi connectivity index (χ3v) is 6.78. The summed E-state index contributed by atoms with van der Waals surface area (Å²) < 4.78 is 28.0. The Morgan fingerprint density at radius 3 is 2.03 bits per heavy atom. The van der Waals surface area contributed by atoms with Crippen LogP contribution in [0.3, 0.4) is 0 Å². The number of rotatable bonds is 10. The number of amides is 2. The zero-order chi connectivity index (χ0) is 23.0. The van der Waals surface area contributed by atoms with Gasteiger partial charge in [0.1, 0.15) is 12.6 Å². The first-order chi connectivity index (χ1) is 14.7. The van der Waals surface area contributed by atoms with Gasteiger partial charge in [0.2, 0.25) is 11.8 Å². The fraction of sp³-hybridized carbons (Fsp3) is 0.364. The topological polar surface area (TPSA) is 90.0 Å². The van der Waals surface area contributed by atoms with Crippen LogP contribution >= 0.6 is 0 Å². The van der Waals surface area contributed by atoms with E-state index in [1.54, 1.807) is 37.3 Å². The Balaban J connectivity index is 2.32. The molecule has 168 valence electrons. The Labute approximate surface area is 184 Å². The zero-order valence-corrected chi connectivity index (χ0v) is 19.2. The second-order valence-corrected chi connectivity index (χ2v) is 9.31. The van der Waals surface area contributed by atoms with Crippen molar-refractivity contribution in [2.75, 3.05) is 38.5 Å². The molecule has 1 atom stereocenters. The lowest BCUT2D eigenvalue weighted by Crippen LogP contribution is -2.53. The van der Waals surface area contributed by atoms with Gasteiger partial charge in [0, 0.05) is 27.7 Å². The van der Waals surface area contributed by atoms with Crippen LogP contribution in [0, 0.1) is 0 Å². The molecule has 0 fully saturated rings. The van der Waals surface area contributed by atoms with Crippen molar-refractivity contribution in [2.45, 2.75) is 19.4 Å². The summed E-state index contributed by atoms with van der Waals surface area (Å²) in [5.74, 6) is -0.774. The van der Waals surface area contributed by atoms with Crippen molar-refractivity contribution in [2.24, 2.45) is 0 Å². The molecule has 2 aromatic carbocycles. The van der Waals surface area contributed by atoms with Gasteiger partial charge < -0.3 is 10.2 Å². The Bertz CT molecular complexity index is 966. The minimum absolute atomic E-state index is 0.280. The van der Waals surface area contributed by atoms with E-state index in [-0.39, 0.29) is 12.5 Å². The van der Waals surface area contributed by atoms with Crippen LogP contribution in [0.25, 0.3) is 0 Å². The Morgan fingerprint density at radius 2 is 1.52 bits per heavy atom. The summed E-state index contributed by atoms with van der Waals surface area (Å²) in [6.07, 6.45) is 0.541. The minimum atomic E-state index is -3.92. The van der Waals surface area contributed by atoms with E-state index in [2.05, 4.69) is 5.32 Å². The van der Waals surface area contributed by atoms with Gasteiger partial charge in [0.05, 0.1) is 5.69 Å². The van der Waals surface area contributed by atoms with Gasteiger partial charge in [-0.15, -0.1) is 0 Å². The molecule has 0 aromatic heterocycles. The first-order valence-electron chi connectivity index (χ1n) is 9.98. The van der Waals surface area contributed by atoms with Crippen LogP contribution in [-0.4, -0.2) is 69.7 Å². The number of hydrogen-bond acceptors (Lipinski definition) is 4. The maximum atomic E-state index is 13.3. The summed E-state index contributed by atoms with van der Waals surface area (Å²) in [6, 6.07) is 17.3. The van der Waals surface area contributed by atoms with E-state index in [4.69, 9.17) is 0 Å². The van der Waals surface area contributed by atoms with Gasteiger partial charge in [-0.25, -0.2) is 4.31 Å². The van der Waals surface area contributed by atoms with Crippen LogP contribution < -0.4 is 9.62 Å². The van der Waals surface area contributed by atoms with Gasteiger partial charge in [0.25, 0.3) is 0 Å². The fourth-order valence-electron chi connectivity index (χ4n) is 3.09. The van der Waals surface area contributed by atoms with Crippen LogP contribution in [0.4, 0.5) is 5.69 Å². The molecule has 0 heterocycles. The predicted octanol–water partition coefficient (Wildman–Crippen LogP) is 1.51. The minimum Gasteiger partial charge on any atom is -0.357 e. The quantitative estimate of drug-likeness (QED) is 0.599. The number of benzene rings is 2. The number of hydrogen-bond donors (Lipinski definition) is 1. The van der Waals surface area contributed by atoms with Crippen LogP contribution in [-0.2, 0) is 26.2 Å². The summed E-state index contributed by atoms with van der Waals surface area (Å²) >= 11 is 0. The molecule has 0 saturated carbocycles. The average Bonchev–Trinajstić information content (AvgIpc) is 2.77. The molecular formula is C22H30N4O4S. The molecule has 0 bridgehead atoms. The first-order valence-corrected chi connectivity index (χ1v) is 11.4. The van der Waals surface area contributed by atoms with Gasteiger partial charge in [-0.05, 0) is 31.0 Å². The number of carbonyl (C=O) groups is 2. The SMILES string of the molecule is CNC(=O)[C@@H](C)N(CCc1ccccc1)C(=O)CN(c1ccccc1)S(=O)(=O)N(C)C. The fourth-order valence-corrected chi connectivity index (χ4v) is 4.15. The van der Waals surface area contributed by atoms with Crippen molar-refractivity contribution in [3.05, 3.63) is 66.2 Å². The zero-order valence-electron chi connectivity index (χ0n) is 18.4. The second kappa shape index (κ2) is 10.9. The maximum absolute atomic E-state index is 13.3. The maximum Gasteiger partial charge on any atom is 0.304 e. The third kappa shape index (κ3) is 6.28. The first kappa shape index (κ1) is 24.4. The van der Waals surface area contributed by atoms with E-state index in [0.29, 0.717) is 12.1 Å². The predicted molar refractivity (Wildman–Crippen MR) is 122 cm³/mol. The van der Waals surface area contributed by atoms with Crippen molar-refractivity contribution in [1.29, 1.82) is 0 Å². The molecule has 1 N–H and O–H groups in total. The van der Waals surface area contributed by atoms with E-state index in [1.807, 2.05) is 30.3 Å². The molecule has 0 aliphatic heterocycles.